The summed E-state index contributed by atoms with van der Waals surface area (Å²) in [5.74, 6) is 2.62. The molecule has 0 bridgehead atoms. The monoisotopic (exact) mass is 166 g/mol. The third-order valence-corrected chi connectivity index (χ3v) is 2.86. The minimum atomic E-state index is 0.859. The molecule has 1 aliphatic carbocycles. The van der Waals surface area contributed by atoms with Gasteiger partial charge in [-0.05, 0) is 43.4 Å². The fraction of sp³-hybridized carbons (Fsp3) is 0.833. The lowest BCUT2D eigenvalue weighted by Gasteiger charge is -2.23. The largest absolute Gasteiger partial charge is 0.0852 e. The zero-order valence-electron chi connectivity index (χ0n) is 8.72. The molecule has 1 rings (SSSR count). The Kier molecular flexibility index (Phi) is 3.84. The maximum atomic E-state index is 2.46. The first-order valence-corrected chi connectivity index (χ1v) is 5.40. The fourth-order valence-electron chi connectivity index (χ4n) is 2.08. The van der Waals surface area contributed by atoms with E-state index < -0.39 is 0 Å². The summed E-state index contributed by atoms with van der Waals surface area (Å²) in [5.41, 5.74) is 0. The van der Waals surface area contributed by atoms with Gasteiger partial charge in [0.15, 0.2) is 0 Å². The van der Waals surface area contributed by atoms with Crippen molar-refractivity contribution in [1.82, 2.24) is 0 Å². The van der Waals surface area contributed by atoms with Crippen molar-refractivity contribution in [2.24, 2.45) is 17.8 Å². The summed E-state index contributed by atoms with van der Waals surface area (Å²) in [6.45, 7) is 6.93. The van der Waals surface area contributed by atoms with Crippen molar-refractivity contribution in [3.63, 3.8) is 0 Å². The number of allylic oxidation sites excluding steroid dienone is 2. The molecule has 0 aliphatic heterocycles. The Morgan fingerprint density at radius 1 is 1.17 bits per heavy atom. The van der Waals surface area contributed by atoms with Crippen molar-refractivity contribution < 1.29 is 0 Å². The molecule has 70 valence electrons. The van der Waals surface area contributed by atoms with Crippen LogP contribution in [-0.4, -0.2) is 0 Å². The van der Waals surface area contributed by atoms with Crippen LogP contribution in [-0.2, 0) is 0 Å². The van der Waals surface area contributed by atoms with Gasteiger partial charge in [-0.2, -0.15) is 0 Å². The summed E-state index contributed by atoms with van der Waals surface area (Å²) >= 11 is 0. The van der Waals surface area contributed by atoms with Crippen LogP contribution in [0.5, 0.6) is 0 Å². The molecule has 0 saturated carbocycles. The Morgan fingerprint density at radius 3 is 2.17 bits per heavy atom. The molecular weight excluding hydrogens is 144 g/mol. The third-order valence-electron chi connectivity index (χ3n) is 2.86. The molecule has 0 amide bonds. The van der Waals surface area contributed by atoms with E-state index in [9.17, 15) is 0 Å². The summed E-state index contributed by atoms with van der Waals surface area (Å²) < 4.78 is 0. The number of hydrogen-bond donors (Lipinski definition) is 0. The van der Waals surface area contributed by atoms with E-state index in [1.807, 2.05) is 0 Å². The predicted octanol–water partition coefficient (Wildman–Crippen LogP) is 4.02. The first-order chi connectivity index (χ1) is 5.72. The van der Waals surface area contributed by atoms with Crippen LogP contribution in [0.1, 0.15) is 46.5 Å². The lowest BCUT2D eigenvalue weighted by molar-refractivity contribution is 0.389. The first-order valence-electron chi connectivity index (χ1n) is 5.40. The molecule has 0 N–H and O–H groups in total. The van der Waals surface area contributed by atoms with Crippen molar-refractivity contribution in [1.29, 1.82) is 0 Å². The van der Waals surface area contributed by atoms with E-state index in [0.29, 0.717) is 0 Å². The average Bonchev–Trinajstić information content (AvgIpc) is 2.05. The summed E-state index contributed by atoms with van der Waals surface area (Å²) in [7, 11) is 0. The maximum absolute atomic E-state index is 2.46. The average molecular weight is 166 g/mol. The van der Waals surface area contributed by atoms with Crippen molar-refractivity contribution >= 4 is 0 Å². The topological polar surface area (TPSA) is 0 Å². The molecule has 0 fully saturated rings. The van der Waals surface area contributed by atoms with Crippen LogP contribution in [0.3, 0.4) is 0 Å². The second kappa shape index (κ2) is 4.69. The highest BCUT2D eigenvalue weighted by Gasteiger charge is 2.14. The van der Waals surface area contributed by atoms with E-state index >= 15 is 0 Å². The minimum Gasteiger partial charge on any atom is -0.0852 e. The summed E-state index contributed by atoms with van der Waals surface area (Å²) in [6, 6.07) is 0. The summed E-state index contributed by atoms with van der Waals surface area (Å²) in [4.78, 5) is 0. The van der Waals surface area contributed by atoms with Crippen LogP contribution in [0.4, 0.5) is 0 Å². The molecule has 0 aromatic rings. The van der Waals surface area contributed by atoms with E-state index in [0.717, 1.165) is 17.8 Å². The Balaban J connectivity index is 2.32. The summed E-state index contributed by atoms with van der Waals surface area (Å²) in [5, 5.41) is 0. The van der Waals surface area contributed by atoms with Crippen LogP contribution in [0.2, 0.25) is 0 Å². The highest BCUT2D eigenvalue weighted by molar-refractivity contribution is 4.97. The number of hydrogen-bond acceptors (Lipinski definition) is 0. The molecule has 0 nitrogen and oxygen atoms in total. The van der Waals surface area contributed by atoms with Crippen LogP contribution in [0, 0.1) is 17.8 Å². The maximum Gasteiger partial charge on any atom is -0.0231 e. The van der Waals surface area contributed by atoms with E-state index in [1.54, 1.807) is 0 Å². The van der Waals surface area contributed by atoms with E-state index in [1.165, 1.54) is 25.7 Å². The molecule has 0 aromatic carbocycles. The Bertz CT molecular complexity index is 144. The van der Waals surface area contributed by atoms with Crippen molar-refractivity contribution in [3.8, 4) is 0 Å². The quantitative estimate of drug-likeness (QED) is 0.555. The highest BCUT2D eigenvalue weighted by atomic mass is 14.2. The molecule has 0 spiro atoms. The smallest absolute Gasteiger partial charge is 0.0231 e. The fourth-order valence-corrected chi connectivity index (χ4v) is 2.08. The van der Waals surface area contributed by atoms with Gasteiger partial charge in [0, 0.05) is 0 Å². The minimum absolute atomic E-state index is 0.859. The second-order valence-corrected chi connectivity index (χ2v) is 4.52. The lowest BCUT2D eigenvalue weighted by Crippen LogP contribution is -2.09. The Hall–Kier alpha value is -0.260. The van der Waals surface area contributed by atoms with Gasteiger partial charge in [0.2, 0.25) is 0 Å². The SMILES string of the molecule is CCC1C=CC(CC(C)C)CC1. The molecule has 0 saturated heterocycles. The molecule has 0 aromatic heterocycles. The Morgan fingerprint density at radius 2 is 1.75 bits per heavy atom. The molecule has 2 atom stereocenters. The first kappa shape index (κ1) is 9.83. The van der Waals surface area contributed by atoms with Gasteiger partial charge in [0.1, 0.15) is 0 Å². The molecule has 1 aliphatic rings. The molecule has 0 radical (unpaired) electrons. The highest BCUT2D eigenvalue weighted by Crippen LogP contribution is 2.28. The normalized spacial score (nSPS) is 29.7. The van der Waals surface area contributed by atoms with Crippen LogP contribution < -0.4 is 0 Å². The summed E-state index contributed by atoms with van der Waals surface area (Å²) in [6.07, 6.45) is 10.4. The van der Waals surface area contributed by atoms with Gasteiger partial charge >= 0.3 is 0 Å². The van der Waals surface area contributed by atoms with E-state index in [2.05, 4.69) is 32.9 Å². The van der Waals surface area contributed by atoms with Crippen LogP contribution >= 0.6 is 0 Å². The number of rotatable bonds is 3. The zero-order chi connectivity index (χ0) is 8.97. The standard InChI is InChI=1S/C12H22/c1-4-11-5-7-12(8-6-11)9-10(2)3/h5,7,10-12H,4,6,8-9H2,1-3H3. The van der Waals surface area contributed by atoms with Crippen LogP contribution in [0.15, 0.2) is 12.2 Å². The van der Waals surface area contributed by atoms with Gasteiger partial charge in [-0.1, -0.05) is 32.9 Å². The van der Waals surface area contributed by atoms with Gasteiger partial charge in [-0.15, -0.1) is 0 Å². The van der Waals surface area contributed by atoms with E-state index in [-0.39, 0.29) is 0 Å². The molecular formula is C12H22. The van der Waals surface area contributed by atoms with Crippen molar-refractivity contribution in [2.75, 3.05) is 0 Å². The van der Waals surface area contributed by atoms with Gasteiger partial charge in [0.25, 0.3) is 0 Å². The zero-order valence-corrected chi connectivity index (χ0v) is 8.72. The van der Waals surface area contributed by atoms with Crippen molar-refractivity contribution in [2.45, 2.75) is 46.5 Å². The second-order valence-electron chi connectivity index (χ2n) is 4.52. The van der Waals surface area contributed by atoms with Gasteiger partial charge in [-0.25, -0.2) is 0 Å². The van der Waals surface area contributed by atoms with Crippen molar-refractivity contribution in [3.05, 3.63) is 12.2 Å². The predicted molar refractivity (Wildman–Crippen MR) is 55.1 cm³/mol. The van der Waals surface area contributed by atoms with E-state index in [4.69, 9.17) is 0 Å². The van der Waals surface area contributed by atoms with Gasteiger partial charge < -0.3 is 0 Å². The lowest BCUT2D eigenvalue weighted by atomic mass is 9.83. The van der Waals surface area contributed by atoms with Crippen LogP contribution in [0.25, 0.3) is 0 Å². The van der Waals surface area contributed by atoms with Gasteiger partial charge in [-0.3, -0.25) is 0 Å². The molecule has 0 heteroatoms. The molecule has 2 unspecified atom stereocenters. The van der Waals surface area contributed by atoms with Gasteiger partial charge in [0.05, 0.1) is 0 Å². The Labute approximate surface area is 77.1 Å². The molecule has 0 heterocycles. The third kappa shape index (κ3) is 3.00. The molecule has 12 heavy (non-hydrogen) atoms.